The van der Waals surface area contributed by atoms with E-state index in [1.54, 1.807) is 0 Å². The lowest BCUT2D eigenvalue weighted by Gasteiger charge is -2.36. The monoisotopic (exact) mass is 238 g/mol. The highest BCUT2D eigenvalue weighted by atomic mass is 16.2. The Morgan fingerprint density at radius 3 is 2.35 bits per heavy atom. The zero-order valence-electron chi connectivity index (χ0n) is 10.7. The maximum absolute atomic E-state index is 12.4. The van der Waals surface area contributed by atoms with Gasteiger partial charge >= 0.3 is 0 Å². The zero-order valence-corrected chi connectivity index (χ0v) is 10.7. The second-order valence-corrected chi connectivity index (χ2v) is 4.98. The van der Waals surface area contributed by atoms with Crippen molar-refractivity contribution in [2.75, 3.05) is 19.6 Å². The van der Waals surface area contributed by atoms with Crippen LogP contribution in [0.4, 0.5) is 0 Å². The molecule has 4 heteroatoms. The molecular formula is C13H22N2O2. The predicted molar refractivity (Wildman–Crippen MR) is 65.5 cm³/mol. The molecule has 0 spiro atoms. The Bertz CT molecular complexity index is 298. The average molecular weight is 238 g/mol. The lowest BCUT2D eigenvalue weighted by Crippen LogP contribution is -2.52. The molecule has 2 rings (SSSR count). The standard InChI is InChI=1S/C13H22N2O2/c1-2-12(16)15-10-4-3-7-11(15)13(17)14-8-5-6-9-14/h11H,2-10H2,1H3. The van der Waals surface area contributed by atoms with Crippen molar-refractivity contribution >= 4 is 11.8 Å². The molecule has 0 aromatic heterocycles. The summed E-state index contributed by atoms with van der Waals surface area (Å²) in [5.74, 6) is 0.311. The van der Waals surface area contributed by atoms with E-state index in [1.165, 1.54) is 0 Å². The van der Waals surface area contributed by atoms with Gasteiger partial charge in [-0.15, -0.1) is 0 Å². The summed E-state index contributed by atoms with van der Waals surface area (Å²) in [6.45, 7) is 4.39. The van der Waals surface area contributed by atoms with Crippen LogP contribution in [0.2, 0.25) is 0 Å². The summed E-state index contributed by atoms with van der Waals surface area (Å²) in [4.78, 5) is 28.0. The summed E-state index contributed by atoms with van der Waals surface area (Å²) in [6.07, 6.45) is 5.68. The van der Waals surface area contributed by atoms with E-state index in [2.05, 4.69) is 0 Å². The first-order valence-corrected chi connectivity index (χ1v) is 6.82. The van der Waals surface area contributed by atoms with E-state index in [0.717, 1.165) is 51.7 Å². The van der Waals surface area contributed by atoms with Gasteiger partial charge in [-0.1, -0.05) is 6.92 Å². The van der Waals surface area contributed by atoms with Gasteiger partial charge in [0.1, 0.15) is 6.04 Å². The van der Waals surface area contributed by atoms with E-state index >= 15 is 0 Å². The van der Waals surface area contributed by atoms with Crippen LogP contribution in [0.5, 0.6) is 0 Å². The number of nitrogens with zero attached hydrogens (tertiary/aromatic N) is 2. The Morgan fingerprint density at radius 1 is 1.06 bits per heavy atom. The first kappa shape index (κ1) is 12.4. The molecule has 2 amide bonds. The summed E-state index contributed by atoms with van der Waals surface area (Å²) in [5, 5.41) is 0. The van der Waals surface area contributed by atoms with Gasteiger partial charge in [-0.2, -0.15) is 0 Å². The molecular weight excluding hydrogens is 216 g/mol. The third kappa shape index (κ3) is 2.61. The number of carbonyl (C=O) groups is 2. The third-order valence-corrected chi connectivity index (χ3v) is 3.83. The van der Waals surface area contributed by atoms with Crippen molar-refractivity contribution in [3.8, 4) is 0 Å². The van der Waals surface area contributed by atoms with Gasteiger partial charge in [0, 0.05) is 26.1 Å². The molecule has 0 N–H and O–H groups in total. The van der Waals surface area contributed by atoms with E-state index in [9.17, 15) is 9.59 Å². The quantitative estimate of drug-likeness (QED) is 0.729. The average Bonchev–Trinajstić information content (AvgIpc) is 2.91. The fourth-order valence-corrected chi connectivity index (χ4v) is 2.84. The number of carbonyl (C=O) groups excluding carboxylic acids is 2. The smallest absolute Gasteiger partial charge is 0.245 e. The number of amides is 2. The molecule has 96 valence electrons. The minimum Gasteiger partial charge on any atom is -0.341 e. The second-order valence-electron chi connectivity index (χ2n) is 4.98. The molecule has 0 radical (unpaired) electrons. The van der Waals surface area contributed by atoms with Crippen molar-refractivity contribution in [3.05, 3.63) is 0 Å². The number of piperidine rings is 1. The van der Waals surface area contributed by atoms with Gasteiger partial charge in [0.2, 0.25) is 11.8 Å². The zero-order chi connectivity index (χ0) is 12.3. The van der Waals surface area contributed by atoms with Crippen LogP contribution in [0.25, 0.3) is 0 Å². The number of hydrogen-bond acceptors (Lipinski definition) is 2. The molecule has 2 aliphatic rings. The predicted octanol–water partition coefficient (Wildman–Crippen LogP) is 1.40. The summed E-state index contributed by atoms with van der Waals surface area (Å²) in [7, 11) is 0. The fourth-order valence-electron chi connectivity index (χ4n) is 2.84. The SMILES string of the molecule is CCC(=O)N1CCCCC1C(=O)N1CCCC1. The number of hydrogen-bond donors (Lipinski definition) is 0. The lowest BCUT2D eigenvalue weighted by atomic mass is 10.0. The lowest BCUT2D eigenvalue weighted by molar-refractivity contribution is -0.146. The van der Waals surface area contributed by atoms with Crippen molar-refractivity contribution < 1.29 is 9.59 Å². The van der Waals surface area contributed by atoms with E-state index < -0.39 is 0 Å². The molecule has 2 fully saturated rings. The van der Waals surface area contributed by atoms with Crippen molar-refractivity contribution in [1.29, 1.82) is 0 Å². The van der Waals surface area contributed by atoms with Gasteiger partial charge in [0.25, 0.3) is 0 Å². The fraction of sp³-hybridized carbons (Fsp3) is 0.846. The van der Waals surface area contributed by atoms with Crippen LogP contribution in [0.1, 0.15) is 45.4 Å². The Kier molecular flexibility index (Phi) is 4.02. The van der Waals surface area contributed by atoms with Crippen LogP contribution >= 0.6 is 0 Å². The summed E-state index contributed by atoms with van der Waals surface area (Å²) >= 11 is 0. The van der Waals surface area contributed by atoms with Crippen molar-refractivity contribution in [3.63, 3.8) is 0 Å². The molecule has 0 aliphatic carbocycles. The number of likely N-dealkylation sites (tertiary alicyclic amines) is 2. The molecule has 0 aromatic carbocycles. The van der Waals surface area contributed by atoms with Crippen LogP contribution in [0, 0.1) is 0 Å². The van der Waals surface area contributed by atoms with Gasteiger partial charge in [-0.05, 0) is 32.1 Å². The van der Waals surface area contributed by atoms with Crippen LogP contribution in [0.3, 0.4) is 0 Å². The van der Waals surface area contributed by atoms with Gasteiger partial charge < -0.3 is 9.80 Å². The molecule has 0 aromatic rings. The minimum absolute atomic E-state index is 0.127. The highest BCUT2D eigenvalue weighted by Crippen LogP contribution is 2.21. The normalized spacial score (nSPS) is 25.1. The third-order valence-electron chi connectivity index (χ3n) is 3.83. The number of rotatable bonds is 2. The van der Waals surface area contributed by atoms with Gasteiger partial charge in [0.15, 0.2) is 0 Å². The van der Waals surface area contributed by atoms with E-state index in [4.69, 9.17) is 0 Å². The second kappa shape index (κ2) is 5.52. The van der Waals surface area contributed by atoms with Crippen molar-refractivity contribution in [2.45, 2.75) is 51.5 Å². The highest BCUT2D eigenvalue weighted by molar-refractivity contribution is 5.88. The van der Waals surface area contributed by atoms with Gasteiger partial charge in [-0.3, -0.25) is 9.59 Å². The molecule has 2 saturated heterocycles. The topological polar surface area (TPSA) is 40.6 Å². The van der Waals surface area contributed by atoms with E-state index in [1.807, 2.05) is 16.7 Å². The first-order chi connectivity index (χ1) is 8.24. The van der Waals surface area contributed by atoms with Crippen molar-refractivity contribution in [1.82, 2.24) is 9.80 Å². The molecule has 0 bridgehead atoms. The summed E-state index contributed by atoms with van der Waals surface area (Å²) in [6, 6.07) is -0.172. The van der Waals surface area contributed by atoms with Crippen LogP contribution in [-0.2, 0) is 9.59 Å². The Hall–Kier alpha value is -1.06. The van der Waals surface area contributed by atoms with Gasteiger partial charge in [0.05, 0.1) is 0 Å². The molecule has 1 atom stereocenters. The highest BCUT2D eigenvalue weighted by Gasteiger charge is 2.34. The Morgan fingerprint density at radius 2 is 1.71 bits per heavy atom. The van der Waals surface area contributed by atoms with Crippen LogP contribution in [-0.4, -0.2) is 47.3 Å². The van der Waals surface area contributed by atoms with Crippen LogP contribution < -0.4 is 0 Å². The molecule has 0 saturated carbocycles. The Balaban J connectivity index is 2.04. The van der Waals surface area contributed by atoms with Gasteiger partial charge in [-0.25, -0.2) is 0 Å². The molecule has 2 aliphatic heterocycles. The molecule has 4 nitrogen and oxygen atoms in total. The maximum Gasteiger partial charge on any atom is 0.245 e. The minimum atomic E-state index is -0.172. The largest absolute Gasteiger partial charge is 0.341 e. The molecule has 1 unspecified atom stereocenters. The first-order valence-electron chi connectivity index (χ1n) is 6.82. The van der Waals surface area contributed by atoms with Crippen molar-refractivity contribution in [2.24, 2.45) is 0 Å². The Labute approximate surface area is 103 Å². The summed E-state index contributed by atoms with van der Waals surface area (Å²) in [5.41, 5.74) is 0. The molecule has 17 heavy (non-hydrogen) atoms. The van der Waals surface area contributed by atoms with E-state index in [0.29, 0.717) is 6.42 Å². The molecule has 2 heterocycles. The maximum atomic E-state index is 12.4. The van der Waals surface area contributed by atoms with Crippen LogP contribution in [0.15, 0.2) is 0 Å². The summed E-state index contributed by atoms with van der Waals surface area (Å²) < 4.78 is 0. The van der Waals surface area contributed by atoms with E-state index in [-0.39, 0.29) is 17.9 Å².